The van der Waals surface area contributed by atoms with E-state index in [1.54, 1.807) is 4.68 Å². The van der Waals surface area contributed by atoms with Crippen LogP contribution in [-0.4, -0.2) is 34.1 Å². The fraction of sp³-hybridized carbons (Fsp3) is 0.667. The minimum atomic E-state index is -0.328. The molecule has 5 heteroatoms. The smallest absolute Gasteiger partial charge is 0.145 e. The zero-order valence-electron chi connectivity index (χ0n) is 10.5. The lowest BCUT2D eigenvalue weighted by molar-refractivity contribution is 0.102. The molecule has 2 rings (SSSR count). The van der Waals surface area contributed by atoms with Gasteiger partial charge >= 0.3 is 0 Å². The van der Waals surface area contributed by atoms with Crippen LogP contribution >= 0.6 is 0 Å². The number of anilines is 1. The Morgan fingerprint density at radius 3 is 2.82 bits per heavy atom. The molecule has 0 saturated carbocycles. The van der Waals surface area contributed by atoms with E-state index in [0.29, 0.717) is 18.0 Å². The fourth-order valence-electron chi connectivity index (χ4n) is 2.38. The number of piperidine rings is 1. The molecule has 0 spiro atoms. The standard InChI is InChI=1S/C12H18N4O/c1-8-4-5-16(7-11(8)17)12-10(6-13)9(2)14-15(12)3/h8,11,17H,4-5,7H2,1-3H3. The topological polar surface area (TPSA) is 65.1 Å². The average molecular weight is 234 g/mol. The third-order valence-electron chi connectivity index (χ3n) is 3.52. The van der Waals surface area contributed by atoms with Crippen LogP contribution < -0.4 is 4.90 Å². The number of hydrogen-bond donors (Lipinski definition) is 1. The lowest BCUT2D eigenvalue weighted by Crippen LogP contribution is -2.43. The zero-order chi connectivity index (χ0) is 12.6. The maximum Gasteiger partial charge on any atom is 0.145 e. The molecule has 0 amide bonds. The molecule has 1 aromatic heterocycles. The molecule has 1 N–H and O–H groups in total. The summed E-state index contributed by atoms with van der Waals surface area (Å²) in [5.41, 5.74) is 1.37. The summed E-state index contributed by atoms with van der Waals surface area (Å²) in [6.07, 6.45) is 0.612. The molecular formula is C12H18N4O. The highest BCUT2D eigenvalue weighted by atomic mass is 16.3. The van der Waals surface area contributed by atoms with E-state index < -0.39 is 0 Å². The first-order valence-corrected chi connectivity index (χ1v) is 5.91. The third-order valence-corrected chi connectivity index (χ3v) is 3.52. The number of aliphatic hydroxyl groups excluding tert-OH is 1. The van der Waals surface area contributed by atoms with Gasteiger partial charge in [0.15, 0.2) is 0 Å². The van der Waals surface area contributed by atoms with Crippen molar-refractivity contribution in [2.24, 2.45) is 13.0 Å². The number of rotatable bonds is 1. The van der Waals surface area contributed by atoms with Gasteiger partial charge in [-0.3, -0.25) is 4.68 Å². The Morgan fingerprint density at radius 1 is 1.53 bits per heavy atom. The zero-order valence-corrected chi connectivity index (χ0v) is 10.5. The number of nitrogens with zero attached hydrogens (tertiary/aromatic N) is 4. The van der Waals surface area contributed by atoms with Crippen LogP contribution in [0.1, 0.15) is 24.6 Å². The summed E-state index contributed by atoms with van der Waals surface area (Å²) < 4.78 is 1.73. The highest BCUT2D eigenvalue weighted by Crippen LogP contribution is 2.27. The summed E-state index contributed by atoms with van der Waals surface area (Å²) in [7, 11) is 1.84. The summed E-state index contributed by atoms with van der Waals surface area (Å²) in [6, 6.07) is 2.20. The molecule has 1 aromatic rings. The minimum Gasteiger partial charge on any atom is -0.391 e. The Kier molecular flexibility index (Phi) is 3.07. The van der Waals surface area contributed by atoms with Gasteiger partial charge in [0, 0.05) is 20.1 Å². The van der Waals surface area contributed by atoms with Gasteiger partial charge in [-0.25, -0.2) is 0 Å². The monoisotopic (exact) mass is 234 g/mol. The predicted molar refractivity (Wildman–Crippen MR) is 64.7 cm³/mol. The van der Waals surface area contributed by atoms with Gasteiger partial charge in [-0.15, -0.1) is 0 Å². The van der Waals surface area contributed by atoms with Crippen molar-refractivity contribution in [3.8, 4) is 6.07 Å². The van der Waals surface area contributed by atoms with Gasteiger partial charge in [0.1, 0.15) is 17.5 Å². The second kappa shape index (κ2) is 4.38. The van der Waals surface area contributed by atoms with Crippen molar-refractivity contribution in [1.82, 2.24) is 9.78 Å². The largest absolute Gasteiger partial charge is 0.391 e. The van der Waals surface area contributed by atoms with Crippen LogP contribution in [0.15, 0.2) is 0 Å². The van der Waals surface area contributed by atoms with E-state index in [9.17, 15) is 5.11 Å². The number of aromatic nitrogens is 2. The summed E-state index contributed by atoms with van der Waals surface area (Å²) >= 11 is 0. The number of β-amino-alcohol motifs (C(OH)–C–C–N with tert-alkyl or cyclic N) is 1. The number of aryl methyl sites for hydroxylation is 2. The van der Waals surface area contributed by atoms with Gasteiger partial charge in [-0.05, 0) is 19.3 Å². The molecule has 1 aliphatic rings. The van der Waals surface area contributed by atoms with Gasteiger partial charge < -0.3 is 10.0 Å². The summed E-state index contributed by atoms with van der Waals surface area (Å²) in [6.45, 7) is 5.34. The Balaban J connectivity index is 2.32. The first kappa shape index (κ1) is 11.9. The lowest BCUT2D eigenvalue weighted by atomic mass is 9.96. The fourth-order valence-corrected chi connectivity index (χ4v) is 2.38. The maximum absolute atomic E-state index is 9.92. The van der Waals surface area contributed by atoms with Crippen molar-refractivity contribution < 1.29 is 5.11 Å². The van der Waals surface area contributed by atoms with Gasteiger partial charge in [0.2, 0.25) is 0 Å². The molecule has 17 heavy (non-hydrogen) atoms. The third kappa shape index (κ3) is 2.01. The van der Waals surface area contributed by atoms with Crippen LogP contribution in [-0.2, 0) is 7.05 Å². The van der Waals surface area contributed by atoms with E-state index in [4.69, 9.17) is 5.26 Å². The van der Waals surface area contributed by atoms with Crippen LogP contribution in [0.2, 0.25) is 0 Å². The van der Waals surface area contributed by atoms with Gasteiger partial charge in [-0.2, -0.15) is 10.4 Å². The van der Waals surface area contributed by atoms with Crippen molar-refractivity contribution in [3.63, 3.8) is 0 Å². The Morgan fingerprint density at radius 2 is 2.24 bits per heavy atom. The molecule has 0 aromatic carbocycles. The average Bonchev–Trinajstić information content (AvgIpc) is 2.57. The van der Waals surface area contributed by atoms with E-state index in [1.165, 1.54) is 0 Å². The van der Waals surface area contributed by atoms with Crippen molar-refractivity contribution in [3.05, 3.63) is 11.3 Å². The van der Waals surface area contributed by atoms with Crippen molar-refractivity contribution in [2.45, 2.75) is 26.4 Å². The predicted octanol–water partition coefficient (Wildman–Crippen LogP) is 0.807. The Hall–Kier alpha value is -1.54. The summed E-state index contributed by atoms with van der Waals surface area (Å²) in [5, 5.41) is 23.4. The highest BCUT2D eigenvalue weighted by Gasteiger charge is 2.28. The molecule has 1 fully saturated rings. The SMILES string of the molecule is Cc1nn(C)c(N2CCC(C)C(O)C2)c1C#N. The molecule has 0 radical (unpaired) electrons. The van der Waals surface area contributed by atoms with Crippen LogP contribution in [0.25, 0.3) is 0 Å². The molecule has 2 unspecified atom stereocenters. The van der Waals surface area contributed by atoms with E-state index in [0.717, 1.165) is 24.5 Å². The summed E-state index contributed by atoms with van der Waals surface area (Å²) in [4.78, 5) is 2.06. The molecule has 2 heterocycles. The summed E-state index contributed by atoms with van der Waals surface area (Å²) in [5.74, 6) is 1.15. The van der Waals surface area contributed by atoms with E-state index in [2.05, 4.69) is 23.0 Å². The molecule has 5 nitrogen and oxygen atoms in total. The molecule has 1 aliphatic heterocycles. The van der Waals surface area contributed by atoms with Crippen molar-refractivity contribution >= 4 is 5.82 Å². The van der Waals surface area contributed by atoms with Crippen LogP contribution in [0.5, 0.6) is 0 Å². The van der Waals surface area contributed by atoms with Gasteiger partial charge in [-0.1, -0.05) is 6.92 Å². The molecule has 92 valence electrons. The number of nitriles is 1. The second-order valence-corrected chi connectivity index (χ2v) is 4.80. The van der Waals surface area contributed by atoms with Crippen molar-refractivity contribution in [1.29, 1.82) is 5.26 Å². The lowest BCUT2D eigenvalue weighted by Gasteiger charge is -2.35. The minimum absolute atomic E-state index is 0.325. The van der Waals surface area contributed by atoms with Gasteiger partial charge in [0.05, 0.1) is 11.8 Å². The van der Waals surface area contributed by atoms with Crippen LogP contribution in [0, 0.1) is 24.2 Å². The Bertz CT molecular complexity index is 460. The van der Waals surface area contributed by atoms with E-state index in [1.807, 2.05) is 14.0 Å². The van der Waals surface area contributed by atoms with Crippen LogP contribution in [0.3, 0.4) is 0 Å². The maximum atomic E-state index is 9.92. The molecule has 0 aliphatic carbocycles. The quantitative estimate of drug-likeness (QED) is 0.781. The normalized spacial score (nSPS) is 24.8. The number of hydrogen-bond acceptors (Lipinski definition) is 4. The number of aliphatic hydroxyl groups is 1. The molecular weight excluding hydrogens is 216 g/mol. The van der Waals surface area contributed by atoms with E-state index >= 15 is 0 Å². The van der Waals surface area contributed by atoms with E-state index in [-0.39, 0.29) is 6.10 Å². The van der Waals surface area contributed by atoms with Crippen molar-refractivity contribution in [2.75, 3.05) is 18.0 Å². The molecule has 0 bridgehead atoms. The first-order valence-electron chi connectivity index (χ1n) is 5.91. The first-order chi connectivity index (χ1) is 8.04. The molecule has 1 saturated heterocycles. The molecule has 2 atom stereocenters. The second-order valence-electron chi connectivity index (χ2n) is 4.80. The van der Waals surface area contributed by atoms with Crippen LogP contribution in [0.4, 0.5) is 5.82 Å². The van der Waals surface area contributed by atoms with Gasteiger partial charge in [0.25, 0.3) is 0 Å². The Labute approximate surface area is 101 Å². The highest BCUT2D eigenvalue weighted by molar-refractivity contribution is 5.57.